The zero-order valence-corrected chi connectivity index (χ0v) is 17.1. The minimum Gasteiger partial charge on any atom is -0.480 e. The zero-order chi connectivity index (χ0) is 20.5. The summed E-state index contributed by atoms with van der Waals surface area (Å²) in [5, 5.41) is 17.4. The molecule has 2 aliphatic rings. The highest BCUT2D eigenvalue weighted by atomic mass is 16.6. The van der Waals surface area contributed by atoms with Gasteiger partial charge in [0.1, 0.15) is 6.10 Å². The fourth-order valence-corrected chi connectivity index (χ4v) is 3.51. The summed E-state index contributed by atoms with van der Waals surface area (Å²) < 4.78 is 0. The van der Waals surface area contributed by atoms with Gasteiger partial charge in [-0.3, -0.25) is 14.6 Å². The Morgan fingerprint density at radius 3 is 2.69 bits per heavy atom. The first-order valence-electron chi connectivity index (χ1n) is 10.4. The zero-order valence-electron chi connectivity index (χ0n) is 17.1. The van der Waals surface area contributed by atoms with Gasteiger partial charge >= 0.3 is 5.97 Å². The molecule has 8 nitrogen and oxygen atoms in total. The third-order valence-corrected chi connectivity index (χ3v) is 5.21. The Bertz CT molecular complexity index is 712. The fourth-order valence-electron chi connectivity index (χ4n) is 3.51. The Morgan fingerprint density at radius 1 is 1.28 bits per heavy atom. The smallest absolute Gasteiger partial charge is 0.317 e. The first-order chi connectivity index (χ1) is 14.1. The number of nitrogens with one attached hydrogen (secondary N) is 1. The number of carbonyl (C=O) groups is 1. The molecule has 8 heteroatoms. The van der Waals surface area contributed by atoms with E-state index in [0.29, 0.717) is 0 Å². The second-order valence-corrected chi connectivity index (χ2v) is 7.58. The molecule has 29 heavy (non-hydrogen) atoms. The van der Waals surface area contributed by atoms with E-state index in [0.717, 1.165) is 75.4 Å². The highest BCUT2D eigenvalue weighted by Crippen LogP contribution is 2.18. The maximum atomic E-state index is 10.8. The molecule has 1 unspecified atom stereocenters. The lowest BCUT2D eigenvalue weighted by Gasteiger charge is -2.34. The molecule has 2 aliphatic heterocycles. The van der Waals surface area contributed by atoms with Crippen LogP contribution in [0.4, 0.5) is 0 Å². The highest BCUT2D eigenvalue weighted by molar-refractivity contribution is 6.01. The average molecular weight is 402 g/mol. The number of hydrogen-bond acceptors (Lipinski definition) is 7. The Kier molecular flexibility index (Phi) is 8.01. The van der Waals surface area contributed by atoms with Crippen molar-refractivity contribution in [1.29, 1.82) is 0 Å². The van der Waals surface area contributed by atoms with Gasteiger partial charge in [-0.15, -0.1) is 0 Å². The van der Waals surface area contributed by atoms with Gasteiger partial charge in [0, 0.05) is 45.7 Å². The van der Waals surface area contributed by atoms with Crippen molar-refractivity contribution in [1.82, 2.24) is 15.2 Å². The largest absolute Gasteiger partial charge is 0.480 e. The van der Waals surface area contributed by atoms with Crippen LogP contribution in [0, 0.1) is 0 Å². The van der Waals surface area contributed by atoms with Crippen LogP contribution in [0.5, 0.6) is 0 Å². The second-order valence-electron chi connectivity index (χ2n) is 7.58. The summed E-state index contributed by atoms with van der Waals surface area (Å²) >= 11 is 0. The van der Waals surface area contributed by atoms with Crippen LogP contribution in [0.25, 0.3) is 0 Å². The lowest BCUT2D eigenvalue weighted by Crippen LogP contribution is -2.49. The number of hydrogen-bond donors (Lipinski definition) is 2. The van der Waals surface area contributed by atoms with Gasteiger partial charge in [0.05, 0.1) is 18.5 Å². The molecule has 0 spiro atoms. The van der Waals surface area contributed by atoms with Crippen LogP contribution >= 0.6 is 0 Å². The SMILES string of the molecule is CCCCNN=Cc1ccc(C2=NOC(CN3CCN(CC(=O)O)CC3)C2)cc1. The maximum absolute atomic E-state index is 10.8. The minimum absolute atomic E-state index is 0.0556. The van der Waals surface area contributed by atoms with Gasteiger partial charge in [0.15, 0.2) is 0 Å². The van der Waals surface area contributed by atoms with E-state index in [1.54, 1.807) is 0 Å². The fraction of sp³-hybridized carbons (Fsp3) is 0.571. The monoisotopic (exact) mass is 401 g/mol. The number of carboxylic acid groups (broad SMARTS) is 1. The number of nitrogens with zero attached hydrogens (tertiary/aromatic N) is 4. The van der Waals surface area contributed by atoms with Gasteiger partial charge in [-0.1, -0.05) is 42.8 Å². The van der Waals surface area contributed by atoms with E-state index < -0.39 is 5.97 Å². The molecule has 2 N–H and O–H groups in total. The third kappa shape index (κ3) is 6.83. The predicted molar refractivity (Wildman–Crippen MR) is 113 cm³/mol. The summed E-state index contributed by atoms with van der Waals surface area (Å²) in [7, 11) is 0. The van der Waals surface area contributed by atoms with Gasteiger partial charge in [-0.25, -0.2) is 0 Å². The standard InChI is InChI=1S/C21H31N5O3/c1-2-3-8-22-23-14-17-4-6-18(7-5-17)20-13-19(29-24-20)15-25-9-11-26(12-10-25)16-21(27)28/h4-7,14,19,22H,2-3,8-13,15-16H2,1H3,(H,27,28). The van der Waals surface area contributed by atoms with E-state index in [2.05, 4.69) is 39.6 Å². The molecule has 1 atom stereocenters. The van der Waals surface area contributed by atoms with Crippen LogP contribution in [-0.2, 0) is 9.63 Å². The average Bonchev–Trinajstić information content (AvgIpc) is 3.18. The quantitative estimate of drug-likeness (QED) is 0.352. The van der Waals surface area contributed by atoms with E-state index in [9.17, 15) is 4.79 Å². The lowest BCUT2D eigenvalue weighted by atomic mass is 10.0. The normalized spacial score (nSPS) is 20.6. The van der Waals surface area contributed by atoms with E-state index in [1.165, 1.54) is 0 Å². The molecule has 1 aromatic rings. The molecular weight excluding hydrogens is 370 g/mol. The van der Waals surface area contributed by atoms with Crippen LogP contribution < -0.4 is 5.43 Å². The van der Waals surface area contributed by atoms with Crippen LogP contribution in [0.1, 0.15) is 37.3 Å². The Hall–Kier alpha value is -2.45. The van der Waals surface area contributed by atoms with E-state index in [4.69, 9.17) is 9.94 Å². The number of hydrazone groups is 1. The lowest BCUT2D eigenvalue weighted by molar-refractivity contribution is -0.138. The minimum atomic E-state index is -0.763. The van der Waals surface area contributed by atoms with Crippen molar-refractivity contribution in [3.05, 3.63) is 35.4 Å². The van der Waals surface area contributed by atoms with Crippen molar-refractivity contribution in [2.24, 2.45) is 10.3 Å². The summed E-state index contributed by atoms with van der Waals surface area (Å²) in [4.78, 5) is 20.8. The van der Waals surface area contributed by atoms with Gasteiger partial charge in [-0.2, -0.15) is 5.10 Å². The molecule has 0 saturated carbocycles. The van der Waals surface area contributed by atoms with Crippen LogP contribution in [0.15, 0.2) is 34.5 Å². The number of benzene rings is 1. The molecule has 0 amide bonds. The van der Waals surface area contributed by atoms with Crippen molar-refractivity contribution >= 4 is 17.9 Å². The van der Waals surface area contributed by atoms with Crippen LogP contribution in [-0.4, -0.2) is 84.7 Å². The molecule has 2 heterocycles. The summed E-state index contributed by atoms with van der Waals surface area (Å²) in [6, 6.07) is 8.20. The third-order valence-electron chi connectivity index (χ3n) is 5.21. The first-order valence-corrected chi connectivity index (χ1v) is 10.4. The van der Waals surface area contributed by atoms with Crippen LogP contribution in [0.2, 0.25) is 0 Å². The van der Waals surface area contributed by atoms with Gasteiger partial charge in [0.25, 0.3) is 0 Å². The van der Waals surface area contributed by atoms with Crippen molar-refractivity contribution in [3.63, 3.8) is 0 Å². The van der Waals surface area contributed by atoms with E-state index >= 15 is 0 Å². The summed E-state index contributed by atoms with van der Waals surface area (Å²) in [5.41, 5.74) is 6.15. The van der Waals surface area contributed by atoms with Gasteiger partial charge < -0.3 is 15.4 Å². The summed E-state index contributed by atoms with van der Waals surface area (Å²) in [5.74, 6) is -0.763. The second kappa shape index (κ2) is 10.9. The number of carboxylic acids is 1. The summed E-state index contributed by atoms with van der Waals surface area (Å²) in [6.45, 7) is 7.29. The predicted octanol–water partition coefficient (Wildman–Crippen LogP) is 1.61. The van der Waals surface area contributed by atoms with Crippen molar-refractivity contribution in [3.8, 4) is 0 Å². The molecule has 1 saturated heterocycles. The van der Waals surface area contributed by atoms with Crippen molar-refractivity contribution in [2.45, 2.75) is 32.3 Å². The molecule has 1 fully saturated rings. The highest BCUT2D eigenvalue weighted by Gasteiger charge is 2.26. The molecule has 0 aromatic heterocycles. The van der Waals surface area contributed by atoms with Crippen molar-refractivity contribution < 1.29 is 14.7 Å². The van der Waals surface area contributed by atoms with Gasteiger partial charge in [-0.05, 0) is 17.5 Å². The summed E-state index contributed by atoms with van der Waals surface area (Å²) in [6.07, 6.45) is 4.96. The Labute approximate surface area is 172 Å². The molecule has 1 aromatic carbocycles. The Balaban J connectivity index is 1.41. The topological polar surface area (TPSA) is 89.8 Å². The maximum Gasteiger partial charge on any atom is 0.317 e. The number of rotatable bonds is 10. The Morgan fingerprint density at radius 2 is 2.00 bits per heavy atom. The first kappa shape index (κ1) is 21.3. The number of piperazine rings is 1. The molecule has 0 bridgehead atoms. The van der Waals surface area contributed by atoms with Crippen molar-refractivity contribution in [2.75, 3.05) is 45.8 Å². The van der Waals surface area contributed by atoms with E-state index in [1.807, 2.05) is 23.2 Å². The van der Waals surface area contributed by atoms with E-state index in [-0.39, 0.29) is 12.6 Å². The van der Waals surface area contributed by atoms with Crippen LogP contribution in [0.3, 0.4) is 0 Å². The molecular formula is C21H31N5O3. The number of unbranched alkanes of at least 4 members (excludes halogenated alkanes) is 1. The van der Waals surface area contributed by atoms with Gasteiger partial charge in [0.2, 0.25) is 0 Å². The molecule has 158 valence electrons. The number of oxime groups is 1. The molecule has 0 aliphatic carbocycles. The number of aliphatic carboxylic acids is 1. The molecule has 0 radical (unpaired) electrons. The molecule has 3 rings (SSSR count).